The fourth-order valence-corrected chi connectivity index (χ4v) is 3.11. The van der Waals surface area contributed by atoms with Crippen molar-refractivity contribution in [2.75, 3.05) is 23.8 Å². The van der Waals surface area contributed by atoms with Crippen molar-refractivity contribution in [2.45, 2.75) is 18.5 Å². The third-order valence-corrected chi connectivity index (χ3v) is 4.62. The lowest BCUT2D eigenvalue weighted by Gasteiger charge is -2.29. The third-order valence-electron chi connectivity index (χ3n) is 4.62. The first-order valence-corrected chi connectivity index (χ1v) is 8.98. The second kappa shape index (κ2) is 7.75. The highest BCUT2D eigenvalue weighted by Gasteiger charge is 2.23. The van der Waals surface area contributed by atoms with Crippen molar-refractivity contribution in [2.24, 2.45) is 11.5 Å². The van der Waals surface area contributed by atoms with Crippen LogP contribution in [0.2, 0.25) is 0 Å². The zero-order chi connectivity index (χ0) is 19.5. The summed E-state index contributed by atoms with van der Waals surface area (Å²) in [7, 11) is 0. The largest absolute Gasteiger partial charge is 0.380 e. The van der Waals surface area contributed by atoms with E-state index in [1.165, 1.54) is 6.20 Å². The molecule has 2 atom stereocenters. The number of nitrogens with two attached hydrogens (primary N) is 2. The quantitative estimate of drug-likeness (QED) is 0.521. The number of amides is 1. The molecule has 4 rings (SSSR count). The summed E-state index contributed by atoms with van der Waals surface area (Å²) < 4.78 is 5.35. The van der Waals surface area contributed by atoms with Gasteiger partial charge < -0.3 is 26.8 Å². The van der Waals surface area contributed by atoms with E-state index in [1.807, 2.05) is 30.3 Å². The second-order valence-electron chi connectivity index (χ2n) is 6.64. The van der Waals surface area contributed by atoms with Crippen LogP contribution in [0.15, 0.2) is 42.7 Å². The molecular weight excluding hydrogens is 358 g/mol. The number of para-hydroxylation sites is 1. The van der Waals surface area contributed by atoms with Crippen molar-refractivity contribution in [3.05, 3.63) is 48.3 Å². The number of hydrogen-bond donors (Lipinski definition) is 4. The molecule has 3 heterocycles. The molecule has 1 saturated heterocycles. The maximum absolute atomic E-state index is 11.8. The smallest absolute Gasteiger partial charge is 0.254 e. The van der Waals surface area contributed by atoms with Gasteiger partial charge in [0.1, 0.15) is 11.4 Å². The molecule has 9 nitrogen and oxygen atoms in total. The summed E-state index contributed by atoms with van der Waals surface area (Å²) in [5, 5.41) is 7.31. The van der Waals surface area contributed by atoms with Crippen LogP contribution in [0, 0.1) is 0 Å². The van der Waals surface area contributed by atoms with Gasteiger partial charge in [-0.25, -0.2) is 4.98 Å². The van der Waals surface area contributed by atoms with Gasteiger partial charge in [0.2, 0.25) is 5.95 Å². The number of carbonyl (C=O) groups excluding carboxylic acids is 1. The number of nitrogens with one attached hydrogen (secondary N) is 2. The molecule has 1 aromatic carbocycles. The van der Waals surface area contributed by atoms with Gasteiger partial charge in [-0.15, -0.1) is 0 Å². The standard InChI is InChI=1S/C19H21N7O2/c20-14-10-28-6-5-16(14)25-19-23-9-13(17(21)27)18(26-19)24-12-7-11-3-1-2-4-15(11)22-8-12/h1-4,7-9,14,16H,5-6,10,20H2,(H2,21,27)(H2,23,24,25,26). The van der Waals surface area contributed by atoms with Crippen LogP contribution >= 0.6 is 0 Å². The van der Waals surface area contributed by atoms with E-state index < -0.39 is 5.91 Å². The van der Waals surface area contributed by atoms with E-state index in [0.717, 1.165) is 17.3 Å². The normalized spacial score (nSPS) is 19.3. The minimum absolute atomic E-state index is 0.0108. The van der Waals surface area contributed by atoms with E-state index in [0.29, 0.717) is 30.7 Å². The van der Waals surface area contributed by atoms with Gasteiger partial charge in [0.25, 0.3) is 5.91 Å². The van der Waals surface area contributed by atoms with Crippen molar-refractivity contribution in [3.63, 3.8) is 0 Å². The lowest BCUT2D eigenvalue weighted by atomic mass is 10.1. The zero-order valence-corrected chi connectivity index (χ0v) is 15.1. The van der Waals surface area contributed by atoms with Crippen LogP contribution in [0.25, 0.3) is 10.9 Å². The number of fused-ring (bicyclic) bond motifs is 1. The average Bonchev–Trinajstić information content (AvgIpc) is 2.70. The number of carbonyl (C=O) groups is 1. The Morgan fingerprint density at radius 3 is 2.89 bits per heavy atom. The Labute approximate surface area is 161 Å². The molecule has 0 spiro atoms. The van der Waals surface area contributed by atoms with E-state index in [1.54, 1.807) is 6.20 Å². The van der Waals surface area contributed by atoms with Gasteiger partial charge in [-0.1, -0.05) is 18.2 Å². The van der Waals surface area contributed by atoms with Gasteiger partial charge in [0.15, 0.2) is 0 Å². The van der Waals surface area contributed by atoms with Crippen LogP contribution in [0.4, 0.5) is 17.5 Å². The van der Waals surface area contributed by atoms with E-state index in [2.05, 4.69) is 25.6 Å². The Balaban J connectivity index is 1.62. The number of benzene rings is 1. The minimum Gasteiger partial charge on any atom is -0.380 e. The SMILES string of the molecule is NC(=O)c1cnc(NC2CCOCC2N)nc1Nc1cnc2ccccc2c1. The Hall–Kier alpha value is -3.30. The van der Waals surface area contributed by atoms with Crippen LogP contribution in [-0.2, 0) is 4.74 Å². The molecule has 6 N–H and O–H groups in total. The van der Waals surface area contributed by atoms with Crippen LogP contribution in [-0.4, -0.2) is 46.2 Å². The predicted octanol–water partition coefficient (Wildman–Crippen LogP) is 1.40. The van der Waals surface area contributed by atoms with Gasteiger partial charge in [0, 0.05) is 30.3 Å². The van der Waals surface area contributed by atoms with E-state index in [4.69, 9.17) is 16.2 Å². The maximum atomic E-state index is 11.8. The molecule has 1 fully saturated rings. The molecule has 9 heteroatoms. The van der Waals surface area contributed by atoms with Crippen molar-refractivity contribution >= 4 is 34.3 Å². The Morgan fingerprint density at radius 2 is 2.07 bits per heavy atom. The second-order valence-corrected chi connectivity index (χ2v) is 6.64. The lowest BCUT2D eigenvalue weighted by Crippen LogP contribution is -2.47. The minimum atomic E-state index is -0.620. The molecule has 1 aliphatic heterocycles. The summed E-state index contributed by atoms with van der Waals surface area (Å²) in [5.74, 6) is 0.0527. The summed E-state index contributed by atoms with van der Waals surface area (Å²) in [6.07, 6.45) is 3.83. The number of rotatable bonds is 5. The summed E-state index contributed by atoms with van der Waals surface area (Å²) >= 11 is 0. The van der Waals surface area contributed by atoms with E-state index in [9.17, 15) is 4.79 Å². The van der Waals surface area contributed by atoms with Gasteiger partial charge >= 0.3 is 0 Å². The number of nitrogens with zero attached hydrogens (tertiary/aromatic N) is 3. The van der Waals surface area contributed by atoms with Crippen molar-refractivity contribution in [3.8, 4) is 0 Å². The molecule has 0 aliphatic carbocycles. The van der Waals surface area contributed by atoms with Crippen molar-refractivity contribution in [1.29, 1.82) is 0 Å². The monoisotopic (exact) mass is 379 g/mol. The van der Waals surface area contributed by atoms with Gasteiger partial charge in [-0.05, 0) is 18.6 Å². The van der Waals surface area contributed by atoms with Crippen LogP contribution in [0.3, 0.4) is 0 Å². The lowest BCUT2D eigenvalue weighted by molar-refractivity contribution is 0.0751. The van der Waals surface area contributed by atoms with Crippen LogP contribution in [0.5, 0.6) is 0 Å². The van der Waals surface area contributed by atoms with Gasteiger partial charge in [-0.2, -0.15) is 4.98 Å². The highest BCUT2D eigenvalue weighted by atomic mass is 16.5. The van der Waals surface area contributed by atoms with Crippen LogP contribution < -0.4 is 22.1 Å². The van der Waals surface area contributed by atoms with Gasteiger partial charge in [0.05, 0.1) is 24.0 Å². The number of primary amides is 1. The number of aromatic nitrogens is 3. The first kappa shape index (κ1) is 18.1. The molecule has 1 aliphatic rings. The summed E-state index contributed by atoms with van der Waals surface area (Å²) in [6.45, 7) is 1.10. The molecule has 0 bridgehead atoms. The summed E-state index contributed by atoms with van der Waals surface area (Å²) in [5.41, 5.74) is 13.3. The maximum Gasteiger partial charge on any atom is 0.254 e. The molecule has 0 saturated carbocycles. The third kappa shape index (κ3) is 3.85. The zero-order valence-electron chi connectivity index (χ0n) is 15.1. The predicted molar refractivity (Wildman–Crippen MR) is 106 cm³/mol. The number of anilines is 3. The Bertz CT molecular complexity index is 1010. The molecule has 3 aromatic rings. The summed E-state index contributed by atoms with van der Waals surface area (Å²) in [4.78, 5) is 24.9. The molecule has 1 amide bonds. The van der Waals surface area contributed by atoms with E-state index >= 15 is 0 Å². The van der Waals surface area contributed by atoms with E-state index in [-0.39, 0.29) is 17.6 Å². The molecule has 144 valence electrons. The Kier molecular flexibility index (Phi) is 5.00. The van der Waals surface area contributed by atoms with Crippen molar-refractivity contribution < 1.29 is 9.53 Å². The molecule has 2 aromatic heterocycles. The number of hydrogen-bond acceptors (Lipinski definition) is 8. The van der Waals surface area contributed by atoms with Crippen molar-refractivity contribution in [1.82, 2.24) is 15.0 Å². The first-order chi connectivity index (χ1) is 13.6. The highest BCUT2D eigenvalue weighted by molar-refractivity contribution is 5.98. The number of ether oxygens (including phenoxy) is 1. The fraction of sp³-hybridized carbons (Fsp3) is 0.263. The molecule has 2 unspecified atom stereocenters. The Morgan fingerprint density at radius 1 is 1.21 bits per heavy atom. The highest BCUT2D eigenvalue weighted by Crippen LogP contribution is 2.23. The molecular formula is C19H21N7O2. The van der Waals surface area contributed by atoms with Gasteiger partial charge in [-0.3, -0.25) is 9.78 Å². The van der Waals surface area contributed by atoms with Crippen LogP contribution in [0.1, 0.15) is 16.8 Å². The first-order valence-electron chi connectivity index (χ1n) is 8.98. The fourth-order valence-electron chi connectivity index (χ4n) is 3.11. The summed E-state index contributed by atoms with van der Waals surface area (Å²) in [6, 6.07) is 9.51. The average molecular weight is 379 g/mol. The molecule has 28 heavy (non-hydrogen) atoms. The topological polar surface area (TPSA) is 141 Å². The number of pyridine rings is 1. The molecule has 0 radical (unpaired) electrons.